The number of aryl methyl sites for hydroxylation is 1. The number of carbonyl (C=O) groups is 2. The van der Waals surface area contributed by atoms with Crippen LogP contribution in [0.2, 0.25) is 0 Å². The molecule has 31 heavy (non-hydrogen) atoms. The largest absolute Gasteiger partial charge is 0.494 e. The van der Waals surface area contributed by atoms with Gasteiger partial charge in [-0.15, -0.1) is 11.3 Å². The van der Waals surface area contributed by atoms with Gasteiger partial charge in [0.05, 0.1) is 18.8 Å². The Morgan fingerprint density at radius 1 is 1.13 bits per heavy atom. The summed E-state index contributed by atoms with van der Waals surface area (Å²) < 4.78 is 5.36. The highest BCUT2D eigenvalue weighted by Crippen LogP contribution is 2.33. The molecule has 2 aromatic heterocycles. The highest BCUT2D eigenvalue weighted by Gasteiger charge is 2.15. The van der Waals surface area contributed by atoms with E-state index in [-0.39, 0.29) is 18.4 Å². The minimum Gasteiger partial charge on any atom is -0.494 e. The number of thiazole rings is 1. The van der Waals surface area contributed by atoms with E-state index in [1.807, 2.05) is 43.5 Å². The third-order valence-electron chi connectivity index (χ3n) is 4.74. The van der Waals surface area contributed by atoms with Gasteiger partial charge in [0.1, 0.15) is 5.75 Å². The summed E-state index contributed by atoms with van der Waals surface area (Å²) in [5.74, 6) is 0.0325. The first-order valence-corrected chi connectivity index (χ1v) is 10.8. The molecule has 8 heteroatoms. The van der Waals surface area contributed by atoms with E-state index in [9.17, 15) is 9.59 Å². The number of nitrogens with zero attached hydrogens (tertiary/aromatic N) is 1. The standard InChI is InChI=1S/C23H22N4O3S/c1-3-30-16-10-8-15(9-11-16)22(29)24-12-20(28)27-23-26-19(13-31-23)21-14(2)25-18-7-5-4-6-17(18)21/h4-11,13,25H,3,12H2,1-2H3,(H,24,29)(H,26,27,28). The molecule has 0 fully saturated rings. The van der Waals surface area contributed by atoms with Crippen LogP contribution in [-0.4, -0.2) is 34.9 Å². The Kier molecular flexibility index (Phi) is 5.99. The summed E-state index contributed by atoms with van der Waals surface area (Å²) in [6.45, 7) is 4.31. The fraction of sp³-hybridized carbons (Fsp3) is 0.174. The molecule has 2 heterocycles. The molecule has 0 radical (unpaired) electrons. The van der Waals surface area contributed by atoms with Gasteiger partial charge in [-0.25, -0.2) is 4.98 Å². The van der Waals surface area contributed by atoms with Crippen molar-refractivity contribution in [3.8, 4) is 17.0 Å². The van der Waals surface area contributed by atoms with E-state index in [2.05, 4.69) is 20.6 Å². The zero-order valence-corrected chi connectivity index (χ0v) is 18.0. The number of benzene rings is 2. The molecule has 0 aliphatic rings. The lowest BCUT2D eigenvalue weighted by molar-refractivity contribution is -0.115. The number of para-hydroxylation sites is 1. The predicted molar refractivity (Wildman–Crippen MR) is 123 cm³/mol. The van der Waals surface area contributed by atoms with Crippen LogP contribution in [0.3, 0.4) is 0 Å². The minimum absolute atomic E-state index is 0.146. The van der Waals surface area contributed by atoms with Crippen LogP contribution in [0.1, 0.15) is 23.0 Å². The highest BCUT2D eigenvalue weighted by molar-refractivity contribution is 7.14. The summed E-state index contributed by atoms with van der Waals surface area (Å²) in [5.41, 5.74) is 4.35. The number of ether oxygens (including phenoxy) is 1. The van der Waals surface area contributed by atoms with Crippen molar-refractivity contribution in [3.63, 3.8) is 0 Å². The Morgan fingerprint density at radius 2 is 1.90 bits per heavy atom. The number of hydrogen-bond donors (Lipinski definition) is 3. The van der Waals surface area contributed by atoms with Gasteiger partial charge in [-0.3, -0.25) is 9.59 Å². The summed E-state index contributed by atoms with van der Waals surface area (Å²) in [5, 5.41) is 8.85. The number of nitrogens with one attached hydrogen (secondary N) is 3. The van der Waals surface area contributed by atoms with Gasteiger partial charge in [-0.2, -0.15) is 0 Å². The molecule has 0 saturated carbocycles. The summed E-state index contributed by atoms with van der Waals surface area (Å²) >= 11 is 1.35. The second-order valence-corrected chi connectivity index (χ2v) is 7.75. The van der Waals surface area contributed by atoms with Crippen LogP contribution in [0, 0.1) is 6.92 Å². The lowest BCUT2D eigenvalue weighted by Crippen LogP contribution is -2.32. The van der Waals surface area contributed by atoms with Crippen LogP contribution in [0.4, 0.5) is 5.13 Å². The minimum atomic E-state index is -0.337. The summed E-state index contributed by atoms with van der Waals surface area (Å²) in [6.07, 6.45) is 0. The number of amides is 2. The Hall–Kier alpha value is -3.65. The number of fused-ring (bicyclic) bond motifs is 1. The van der Waals surface area contributed by atoms with Crippen molar-refractivity contribution in [2.45, 2.75) is 13.8 Å². The lowest BCUT2D eigenvalue weighted by Gasteiger charge is -2.06. The van der Waals surface area contributed by atoms with Gasteiger partial charge in [-0.05, 0) is 44.2 Å². The van der Waals surface area contributed by atoms with Crippen LogP contribution >= 0.6 is 11.3 Å². The van der Waals surface area contributed by atoms with Crippen molar-refractivity contribution in [3.05, 3.63) is 65.2 Å². The van der Waals surface area contributed by atoms with Gasteiger partial charge in [0.15, 0.2) is 5.13 Å². The Bertz CT molecular complexity index is 1230. The average molecular weight is 435 g/mol. The van der Waals surface area contributed by atoms with E-state index >= 15 is 0 Å². The summed E-state index contributed by atoms with van der Waals surface area (Å²) in [4.78, 5) is 32.4. The molecular formula is C23H22N4O3S. The second-order valence-electron chi connectivity index (χ2n) is 6.90. The van der Waals surface area contributed by atoms with E-state index in [0.29, 0.717) is 23.1 Å². The van der Waals surface area contributed by atoms with Crippen molar-refractivity contribution < 1.29 is 14.3 Å². The van der Waals surface area contributed by atoms with Crippen LogP contribution in [-0.2, 0) is 4.79 Å². The molecule has 0 bridgehead atoms. The number of H-pyrrole nitrogens is 1. The smallest absolute Gasteiger partial charge is 0.251 e. The molecule has 0 atom stereocenters. The van der Waals surface area contributed by atoms with Crippen LogP contribution in [0.15, 0.2) is 53.9 Å². The maximum absolute atomic E-state index is 12.3. The third kappa shape index (κ3) is 4.59. The van der Waals surface area contributed by atoms with Crippen LogP contribution in [0.25, 0.3) is 22.2 Å². The molecule has 2 aromatic carbocycles. The molecule has 0 aliphatic carbocycles. The topological polar surface area (TPSA) is 96.1 Å². The van der Waals surface area contributed by atoms with Crippen LogP contribution in [0.5, 0.6) is 5.75 Å². The van der Waals surface area contributed by atoms with Crippen molar-refractivity contribution in [1.29, 1.82) is 0 Å². The molecule has 0 unspecified atom stereocenters. The van der Waals surface area contributed by atoms with E-state index in [1.165, 1.54) is 11.3 Å². The van der Waals surface area contributed by atoms with Crippen molar-refractivity contribution >= 4 is 39.2 Å². The normalized spacial score (nSPS) is 10.8. The molecule has 7 nitrogen and oxygen atoms in total. The number of aromatic nitrogens is 2. The maximum atomic E-state index is 12.3. The lowest BCUT2D eigenvalue weighted by atomic mass is 10.1. The number of hydrogen-bond acceptors (Lipinski definition) is 5. The fourth-order valence-corrected chi connectivity index (χ4v) is 4.07. The predicted octanol–water partition coefficient (Wildman–Crippen LogP) is 4.37. The molecule has 0 spiro atoms. The number of carbonyl (C=O) groups excluding carboxylic acids is 2. The first kappa shape index (κ1) is 20.6. The molecule has 0 aliphatic heterocycles. The first-order chi connectivity index (χ1) is 15.0. The number of anilines is 1. The molecule has 158 valence electrons. The first-order valence-electron chi connectivity index (χ1n) is 9.89. The Morgan fingerprint density at radius 3 is 2.68 bits per heavy atom. The van der Waals surface area contributed by atoms with E-state index in [0.717, 1.165) is 27.9 Å². The molecule has 3 N–H and O–H groups in total. The summed E-state index contributed by atoms with van der Waals surface area (Å²) in [7, 11) is 0. The molecular weight excluding hydrogens is 412 g/mol. The maximum Gasteiger partial charge on any atom is 0.251 e. The van der Waals surface area contributed by atoms with Gasteiger partial charge in [-0.1, -0.05) is 18.2 Å². The van der Waals surface area contributed by atoms with Crippen molar-refractivity contribution in [2.24, 2.45) is 0 Å². The van der Waals surface area contributed by atoms with Crippen molar-refractivity contribution in [2.75, 3.05) is 18.5 Å². The van der Waals surface area contributed by atoms with Gasteiger partial charge in [0, 0.05) is 33.1 Å². The Labute approximate surface area is 183 Å². The van der Waals surface area contributed by atoms with E-state index < -0.39 is 0 Å². The number of aromatic amines is 1. The van der Waals surface area contributed by atoms with E-state index in [4.69, 9.17) is 4.74 Å². The molecule has 4 aromatic rings. The quantitative estimate of drug-likeness (QED) is 0.402. The van der Waals surface area contributed by atoms with Gasteiger partial charge < -0.3 is 20.4 Å². The van der Waals surface area contributed by atoms with Gasteiger partial charge >= 0.3 is 0 Å². The monoisotopic (exact) mass is 434 g/mol. The zero-order valence-electron chi connectivity index (χ0n) is 17.2. The fourth-order valence-electron chi connectivity index (χ4n) is 3.35. The SMILES string of the molecule is CCOc1ccc(C(=O)NCC(=O)Nc2nc(-c3c(C)[nH]c4ccccc34)cs2)cc1. The Balaban J connectivity index is 1.37. The van der Waals surface area contributed by atoms with Crippen molar-refractivity contribution in [1.82, 2.24) is 15.3 Å². The van der Waals surface area contributed by atoms with Gasteiger partial charge in [0.2, 0.25) is 5.91 Å². The number of rotatable bonds is 7. The van der Waals surface area contributed by atoms with Gasteiger partial charge in [0.25, 0.3) is 5.91 Å². The molecule has 4 rings (SSSR count). The molecule has 0 saturated heterocycles. The van der Waals surface area contributed by atoms with Crippen LogP contribution < -0.4 is 15.4 Å². The molecule has 2 amide bonds. The summed E-state index contributed by atoms with van der Waals surface area (Å²) in [6, 6.07) is 14.8. The average Bonchev–Trinajstić information content (AvgIpc) is 3.35. The van der Waals surface area contributed by atoms with E-state index in [1.54, 1.807) is 24.3 Å². The third-order valence-corrected chi connectivity index (χ3v) is 5.49. The second kappa shape index (κ2) is 9.01. The zero-order chi connectivity index (χ0) is 21.8. The highest BCUT2D eigenvalue weighted by atomic mass is 32.1.